The third kappa shape index (κ3) is 3.83. The molecule has 5 heteroatoms. The zero-order valence-corrected chi connectivity index (χ0v) is 13.5. The molecule has 20 heavy (non-hydrogen) atoms. The van der Waals surface area contributed by atoms with Crippen LogP contribution in [0, 0.1) is 5.41 Å². The minimum Gasteiger partial charge on any atom is -0.369 e. The predicted octanol–water partition coefficient (Wildman–Crippen LogP) is 3.23. The molecule has 1 aliphatic heterocycles. The van der Waals surface area contributed by atoms with E-state index in [2.05, 4.69) is 41.1 Å². The largest absolute Gasteiger partial charge is 0.369 e. The van der Waals surface area contributed by atoms with Crippen LogP contribution in [0.25, 0.3) is 0 Å². The Morgan fingerprint density at radius 3 is 2.70 bits per heavy atom. The van der Waals surface area contributed by atoms with Crippen molar-refractivity contribution in [2.24, 2.45) is 5.41 Å². The molecule has 0 atom stereocenters. The summed E-state index contributed by atoms with van der Waals surface area (Å²) in [7, 11) is 2.19. The van der Waals surface area contributed by atoms with Gasteiger partial charge in [-0.2, -0.15) is 0 Å². The highest BCUT2D eigenvalue weighted by atomic mass is 35.5. The fraction of sp³-hybridized carbons (Fsp3) is 0.733. The summed E-state index contributed by atoms with van der Waals surface area (Å²) in [4.78, 5) is 10.9. The molecule has 0 unspecified atom stereocenters. The molecular formula is C15H25ClN4. The standard InChI is InChI=1S/C15H25ClN4/c1-4-5-12-13(16)18-11-19-14(12)17-10-15(2)6-8-20(3)9-7-15/h11H,4-10H2,1-3H3,(H,17,18,19). The molecule has 0 bridgehead atoms. The highest BCUT2D eigenvalue weighted by Gasteiger charge is 2.29. The van der Waals surface area contributed by atoms with Crippen molar-refractivity contribution >= 4 is 17.4 Å². The second-order valence-corrected chi connectivity index (χ2v) is 6.57. The highest BCUT2D eigenvalue weighted by molar-refractivity contribution is 6.30. The molecule has 2 heterocycles. The average Bonchev–Trinajstić information content (AvgIpc) is 2.43. The highest BCUT2D eigenvalue weighted by Crippen LogP contribution is 2.31. The molecule has 0 aromatic carbocycles. The first-order chi connectivity index (χ1) is 9.54. The molecule has 0 aliphatic carbocycles. The van der Waals surface area contributed by atoms with Gasteiger partial charge in [0.2, 0.25) is 0 Å². The van der Waals surface area contributed by atoms with E-state index in [4.69, 9.17) is 11.6 Å². The van der Waals surface area contributed by atoms with Crippen LogP contribution in [-0.2, 0) is 6.42 Å². The maximum absolute atomic E-state index is 6.19. The van der Waals surface area contributed by atoms with Gasteiger partial charge in [-0.15, -0.1) is 0 Å². The van der Waals surface area contributed by atoms with Gasteiger partial charge in [0.1, 0.15) is 17.3 Å². The number of halogens is 1. The van der Waals surface area contributed by atoms with Gasteiger partial charge in [0, 0.05) is 12.1 Å². The van der Waals surface area contributed by atoms with Crippen molar-refractivity contribution in [2.45, 2.75) is 39.5 Å². The Morgan fingerprint density at radius 1 is 1.35 bits per heavy atom. The Balaban J connectivity index is 2.02. The van der Waals surface area contributed by atoms with Gasteiger partial charge in [0.15, 0.2) is 0 Å². The Bertz CT molecular complexity index is 441. The summed E-state index contributed by atoms with van der Waals surface area (Å²) < 4.78 is 0. The minimum absolute atomic E-state index is 0.341. The molecule has 1 saturated heterocycles. The van der Waals surface area contributed by atoms with Crippen LogP contribution in [0.15, 0.2) is 6.33 Å². The van der Waals surface area contributed by atoms with Gasteiger partial charge < -0.3 is 10.2 Å². The number of likely N-dealkylation sites (tertiary alicyclic amines) is 1. The lowest BCUT2D eigenvalue weighted by atomic mass is 9.80. The van der Waals surface area contributed by atoms with Crippen molar-refractivity contribution in [3.63, 3.8) is 0 Å². The molecular weight excluding hydrogens is 272 g/mol. The van der Waals surface area contributed by atoms with E-state index in [-0.39, 0.29) is 0 Å². The van der Waals surface area contributed by atoms with Crippen LogP contribution in [0.5, 0.6) is 0 Å². The molecule has 1 fully saturated rings. The monoisotopic (exact) mass is 296 g/mol. The van der Waals surface area contributed by atoms with Crippen LogP contribution in [0.4, 0.5) is 5.82 Å². The Hall–Kier alpha value is -0.870. The van der Waals surface area contributed by atoms with Gasteiger partial charge in [-0.25, -0.2) is 9.97 Å². The molecule has 112 valence electrons. The molecule has 0 amide bonds. The number of piperidine rings is 1. The summed E-state index contributed by atoms with van der Waals surface area (Å²) in [5.74, 6) is 0.909. The average molecular weight is 297 g/mol. The lowest BCUT2D eigenvalue weighted by Gasteiger charge is -2.38. The quantitative estimate of drug-likeness (QED) is 0.847. The van der Waals surface area contributed by atoms with E-state index in [0.29, 0.717) is 10.6 Å². The van der Waals surface area contributed by atoms with Gasteiger partial charge in [-0.05, 0) is 44.8 Å². The lowest BCUT2D eigenvalue weighted by molar-refractivity contribution is 0.150. The van der Waals surface area contributed by atoms with E-state index in [9.17, 15) is 0 Å². The van der Waals surface area contributed by atoms with Crippen LogP contribution in [-0.4, -0.2) is 41.5 Å². The minimum atomic E-state index is 0.341. The summed E-state index contributed by atoms with van der Waals surface area (Å²) in [6.07, 6.45) is 5.95. The summed E-state index contributed by atoms with van der Waals surface area (Å²) in [6.45, 7) is 7.79. The molecule has 1 aliphatic rings. The van der Waals surface area contributed by atoms with E-state index in [1.165, 1.54) is 25.9 Å². The first-order valence-electron chi connectivity index (χ1n) is 7.46. The molecule has 0 radical (unpaired) electrons. The number of nitrogens with zero attached hydrogens (tertiary/aromatic N) is 3. The molecule has 0 spiro atoms. The maximum Gasteiger partial charge on any atom is 0.137 e. The second-order valence-electron chi connectivity index (χ2n) is 6.21. The number of rotatable bonds is 5. The van der Waals surface area contributed by atoms with Crippen molar-refractivity contribution in [3.8, 4) is 0 Å². The van der Waals surface area contributed by atoms with Crippen molar-refractivity contribution in [3.05, 3.63) is 17.0 Å². The molecule has 1 N–H and O–H groups in total. The normalized spacial score (nSPS) is 19.0. The second kappa shape index (κ2) is 6.72. The predicted molar refractivity (Wildman–Crippen MR) is 84.4 cm³/mol. The zero-order chi connectivity index (χ0) is 14.6. The third-order valence-electron chi connectivity index (χ3n) is 4.27. The van der Waals surface area contributed by atoms with E-state index >= 15 is 0 Å². The number of hydrogen-bond acceptors (Lipinski definition) is 4. The first kappa shape index (κ1) is 15.5. The van der Waals surface area contributed by atoms with Crippen LogP contribution < -0.4 is 5.32 Å². The Labute approximate surface area is 126 Å². The number of anilines is 1. The maximum atomic E-state index is 6.19. The SMILES string of the molecule is CCCc1c(Cl)ncnc1NCC1(C)CCN(C)CC1. The van der Waals surface area contributed by atoms with Crippen molar-refractivity contribution in [2.75, 3.05) is 32.0 Å². The molecule has 1 aromatic heterocycles. The fourth-order valence-corrected chi connectivity index (χ4v) is 2.87. The number of hydrogen-bond donors (Lipinski definition) is 1. The fourth-order valence-electron chi connectivity index (χ4n) is 2.65. The Kier molecular flexibility index (Phi) is 5.22. The third-order valence-corrected chi connectivity index (χ3v) is 4.60. The summed E-state index contributed by atoms with van der Waals surface area (Å²) >= 11 is 6.19. The van der Waals surface area contributed by atoms with Gasteiger partial charge >= 0.3 is 0 Å². The first-order valence-corrected chi connectivity index (χ1v) is 7.84. The van der Waals surface area contributed by atoms with Gasteiger partial charge in [0.05, 0.1) is 0 Å². The van der Waals surface area contributed by atoms with Crippen molar-refractivity contribution in [1.82, 2.24) is 14.9 Å². The van der Waals surface area contributed by atoms with Gasteiger partial charge in [-0.3, -0.25) is 0 Å². The van der Waals surface area contributed by atoms with E-state index < -0.39 is 0 Å². The van der Waals surface area contributed by atoms with Crippen LogP contribution in [0.1, 0.15) is 38.7 Å². The summed E-state index contributed by atoms with van der Waals surface area (Å²) in [6, 6.07) is 0. The lowest BCUT2D eigenvalue weighted by Crippen LogP contribution is -2.40. The van der Waals surface area contributed by atoms with Crippen LogP contribution >= 0.6 is 11.6 Å². The zero-order valence-electron chi connectivity index (χ0n) is 12.7. The van der Waals surface area contributed by atoms with E-state index in [0.717, 1.165) is 30.8 Å². The topological polar surface area (TPSA) is 41.1 Å². The van der Waals surface area contributed by atoms with Crippen LogP contribution in [0.2, 0.25) is 5.15 Å². The molecule has 1 aromatic rings. The molecule has 4 nitrogen and oxygen atoms in total. The van der Waals surface area contributed by atoms with E-state index in [1.54, 1.807) is 6.33 Å². The van der Waals surface area contributed by atoms with Crippen molar-refractivity contribution < 1.29 is 0 Å². The summed E-state index contributed by atoms with van der Waals surface area (Å²) in [5.41, 5.74) is 1.39. The van der Waals surface area contributed by atoms with Gasteiger partial charge in [-0.1, -0.05) is 31.9 Å². The Morgan fingerprint density at radius 2 is 2.05 bits per heavy atom. The number of nitrogens with one attached hydrogen (secondary N) is 1. The van der Waals surface area contributed by atoms with E-state index in [1.807, 2.05) is 0 Å². The van der Waals surface area contributed by atoms with Crippen LogP contribution in [0.3, 0.4) is 0 Å². The molecule has 2 rings (SSSR count). The summed E-state index contributed by atoms with van der Waals surface area (Å²) in [5, 5.41) is 4.09. The van der Waals surface area contributed by atoms with Gasteiger partial charge in [0.25, 0.3) is 0 Å². The molecule has 0 saturated carbocycles. The number of aromatic nitrogens is 2. The smallest absolute Gasteiger partial charge is 0.137 e. The van der Waals surface area contributed by atoms with Crippen molar-refractivity contribution in [1.29, 1.82) is 0 Å².